The molecule has 0 aliphatic carbocycles. The van der Waals surface area contributed by atoms with Crippen molar-refractivity contribution in [3.63, 3.8) is 0 Å². The number of pyridine rings is 1. The zero-order valence-corrected chi connectivity index (χ0v) is 8.18. The number of nitrogens with zero attached hydrogens (tertiary/aromatic N) is 1. The van der Waals surface area contributed by atoms with Gasteiger partial charge in [0.05, 0.1) is 12.6 Å². The number of hydrogen-bond donors (Lipinski definition) is 2. The van der Waals surface area contributed by atoms with Crippen LogP contribution in [0.5, 0.6) is 0 Å². The van der Waals surface area contributed by atoms with E-state index in [1.165, 1.54) is 0 Å². The Bertz CT molecular complexity index is 356. The highest BCUT2D eigenvalue weighted by molar-refractivity contribution is 6.31. The zero-order chi connectivity index (χ0) is 11.6. The van der Waals surface area contributed by atoms with E-state index in [1.807, 2.05) is 0 Å². The first-order valence-electron chi connectivity index (χ1n) is 3.95. The summed E-state index contributed by atoms with van der Waals surface area (Å²) in [5.41, 5.74) is 4.50. The van der Waals surface area contributed by atoms with Crippen molar-refractivity contribution < 1.29 is 18.3 Å². The zero-order valence-electron chi connectivity index (χ0n) is 7.42. The minimum atomic E-state index is -4.54. The van der Waals surface area contributed by atoms with E-state index in [9.17, 15) is 13.2 Å². The third kappa shape index (κ3) is 2.80. The quantitative estimate of drug-likeness (QED) is 0.828. The van der Waals surface area contributed by atoms with Crippen LogP contribution in [0.2, 0.25) is 5.02 Å². The average molecular weight is 241 g/mol. The molecule has 84 valence electrons. The van der Waals surface area contributed by atoms with E-state index in [0.29, 0.717) is 6.07 Å². The predicted octanol–water partition coefficient (Wildman–Crippen LogP) is 1.75. The van der Waals surface area contributed by atoms with Crippen LogP contribution in [0.15, 0.2) is 12.3 Å². The van der Waals surface area contributed by atoms with Gasteiger partial charge in [-0.25, -0.2) is 0 Å². The SMILES string of the molecule is NC(CO)c1cnc(C(F)(F)F)cc1Cl. The molecule has 1 heterocycles. The summed E-state index contributed by atoms with van der Waals surface area (Å²) in [6, 6.07) is -0.140. The largest absolute Gasteiger partial charge is 0.433 e. The Hall–Kier alpha value is -0.850. The van der Waals surface area contributed by atoms with E-state index in [4.69, 9.17) is 22.4 Å². The van der Waals surface area contributed by atoms with E-state index in [1.54, 1.807) is 0 Å². The number of halogens is 4. The van der Waals surface area contributed by atoms with Gasteiger partial charge in [0, 0.05) is 16.8 Å². The predicted molar refractivity (Wildman–Crippen MR) is 48.3 cm³/mol. The highest BCUT2D eigenvalue weighted by Gasteiger charge is 2.33. The number of aromatic nitrogens is 1. The molecule has 1 rings (SSSR count). The molecule has 1 atom stereocenters. The van der Waals surface area contributed by atoms with Crippen molar-refractivity contribution in [1.82, 2.24) is 4.98 Å². The molecule has 0 aliphatic heterocycles. The first-order chi connectivity index (χ1) is 6.86. The van der Waals surface area contributed by atoms with E-state index < -0.39 is 24.5 Å². The maximum absolute atomic E-state index is 12.2. The summed E-state index contributed by atoms with van der Waals surface area (Å²) in [4.78, 5) is 3.18. The molecule has 0 saturated carbocycles. The van der Waals surface area contributed by atoms with Gasteiger partial charge < -0.3 is 10.8 Å². The van der Waals surface area contributed by atoms with Gasteiger partial charge in [0.1, 0.15) is 5.69 Å². The van der Waals surface area contributed by atoms with Crippen LogP contribution in [-0.4, -0.2) is 16.7 Å². The molecule has 1 unspecified atom stereocenters. The lowest BCUT2D eigenvalue weighted by Crippen LogP contribution is -2.16. The molecule has 0 saturated heterocycles. The fraction of sp³-hybridized carbons (Fsp3) is 0.375. The van der Waals surface area contributed by atoms with Crippen LogP contribution < -0.4 is 5.73 Å². The van der Waals surface area contributed by atoms with Gasteiger partial charge in [-0.05, 0) is 6.07 Å². The molecule has 0 amide bonds. The number of hydrogen-bond acceptors (Lipinski definition) is 3. The lowest BCUT2D eigenvalue weighted by atomic mass is 10.1. The van der Waals surface area contributed by atoms with Crippen molar-refractivity contribution in [2.75, 3.05) is 6.61 Å². The molecule has 7 heteroatoms. The van der Waals surface area contributed by atoms with Crippen molar-refractivity contribution >= 4 is 11.6 Å². The second-order valence-electron chi connectivity index (χ2n) is 2.88. The Balaban J connectivity index is 3.09. The summed E-state index contributed by atoms with van der Waals surface area (Å²) in [6.45, 7) is -0.410. The van der Waals surface area contributed by atoms with Crippen molar-refractivity contribution in [2.24, 2.45) is 5.73 Å². The van der Waals surface area contributed by atoms with Crippen LogP contribution in [0, 0.1) is 0 Å². The molecule has 1 aromatic heterocycles. The normalized spacial score (nSPS) is 14.0. The molecular weight excluding hydrogens is 233 g/mol. The summed E-state index contributed by atoms with van der Waals surface area (Å²) >= 11 is 5.58. The van der Waals surface area contributed by atoms with Crippen LogP contribution in [0.4, 0.5) is 13.2 Å². The third-order valence-corrected chi connectivity index (χ3v) is 2.10. The molecule has 0 bridgehead atoms. The highest BCUT2D eigenvalue weighted by Crippen LogP contribution is 2.31. The number of aliphatic hydroxyl groups excluding tert-OH is 1. The standard InChI is InChI=1S/C8H8ClF3N2O/c9-5-1-7(8(10,11)12)14-2-4(5)6(13)3-15/h1-2,6,15H,3,13H2. The second-order valence-corrected chi connectivity index (χ2v) is 3.29. The molecular formula is C8H8ClF3N2O. The van der Waals surface area contributed by atoms with E-state index >= 15 is 0 Å². The molecule has 3 nitrogen and oxygen atoms in total. The number of aliphatic hydroxyl groups is 1. The third-order valence-electron chi connectivity index (χ3n) is 1.77. The lowest BCUT2D eigenvalue weighted by Gasteiger charge is -2.12. The van der Waals surface area contributed by atoms with Crippen molar-refractivity contribution in [3.8, 4) is 0 Å². The lowest BCUT2D eigenvalue weighted by molar-refractivity contribution is -0.141. The molecule has 0 aliphatic rings. The molecule has 1 aromatic rings. The van der Waals surface area contributed by atoms with E-state index in [0.717, 1.165) is 6.20 Å². The molecule has 0 aromatic carbocycles. The van der Waals surface area contributed by atoms with Crippen LogP contribution in [0.3, 0.4) is 0 Å². The van der Waals surface area contributed by atoms with Crippen LogP contribution in [-0.2, 0) is 6.18 Å². The number of nitrogens with two attached hydrogens (primary N) is 1. The minimum absolute atomic E-state index is 0.154. The number of rotatable bonds is 2. The molecule has 0 spiro atoms. The van der Waals surface area contributed by atoms with Crippen LogP contribution in [0.1, 0.15) is 17.3 Å². The van der Waals surface area contributed by atoms with Crippen molar-refractivity contribution in [1.29, 1.82) is 0 Å². The summed E-state index contributed by atoms with van der Waals surface area (Å²) < 4.78 is 36.5. The fourth-order valence-corrected chi connectivity index (χ4v) is 1.26. The summed E-state index contributed by atoms with van der Waals surface area (Å²) in [7, 11) is 0. The Kier molecular flexibility index (Phi) is 3.54. The first-order valence-corrected chi connectivity index (χ1v) is 4.33. The van der Waals surface area contributed by atoms with Crippen molar-refractivity contribution in [2.45, 2.75) is 12.2 Å². The second kappa shape index (κ2) is 4.34. The Labute approximate surface area is 88.7 Å². The van der Waals surface area contributed by atoms with Gasteiger partial charge in [-0.1, -0.05) is 11.6 Å². The first kappa shape index (κ1) is 12.2. The van der Waals surface area contributed by atoms with E-state index in [2.05, 4.69) is 4.98 Å². The molecule has 3 N–H and O–H groups in total. The Morgan fingerprint density at radius 1 is 1.53 bits per heavy atom. The maximum Gasteiger partial charge on any atom is 0.433 e. The van der Waals surface area contributed by atoms with Crippen LogP contribution >= 0.6 is 11.6 Å². The average Bonchev–Trinajstić information content (AvgIpc) is 2.15. The van der Waals surface area contributed by atoms with Gasteiger partial charge in [-0.2, -0.15) is 13.2 Å². The minimum Gasteiger partial charge on any atom is -0.394 e. The van der Waals surface area contributed by atoms with Crippen molar-refractivity contribution in [3.05, 3.63) is 28.5 Å². The molecule has 15 heavy (non-hydrogen) atoms. The monoisotopic (exact) mass is 240 g/mol. The summed E-state index contributed by atoms with van der Waals surface area (Å²) in [5, 5.41) is 8.55. The highest BCUT2D eigenvalue weighted by atomic mass is 35.5. The Morgan fingerprint density at radius 2 is 2.13 bits per heavy atom. The van der Waals surface area contributed by atoms with Gasteiger partial charge in [0.2, 0.25) is 0 Å². The fourth-order valence-electron chi connectivity index (χ4n) is 0.968. The van der Waals surface area contributed by atoms with Gasteiger partial charge in [0.25, 0.3) is 0 Å². The van der Waals surface area contributed by atoms with Gasteiger partial charge in [0.15, 0.2) is 0 Å². The Morgan fingerprint density at radius 3 is 2.53 bits per heavy atom. The smallest absolute Gasteiger partial charge is 0.394 e. The van der Waals surface area contributed by atoms with Gasteiger partial charge in [-0.3, -0.25) is 4.98 Å². The molecule has 0 fully saturated rings. The van der Waals surface area contributed by atoms with Gasteiger partial charge >= 0.3 is 6.18 Å². The maximum atomic E-state index is 12.2. The summed E-state index contributed by atoms with van der Waals surface area (Å²) in [5.74, 6) is 0. The summed E-state index contributed by atoms with van der Waals surface area (Å²) in [6.07, 6.45) is -3.61. The topological polar surface area (TPSA) is 59.1 Å². The van der Waals surface area contributed by atoms with Crippen LogP contribution in [0.25, 0.3) is 0 Å². The van der Waals surface area contributed by atoms with Gasteiger partial charge in [-0.15, -0.1) is 0 Å². The molecule has 0 radical (unpaired) electrons. The number of alkyl halides is 3. The van der Waals surface area contributed by atoms with E-state index in [-0.39, 0.29) is 10.6 Å².